The monoisotopic (exact) mass is 377 g/mol. The summed E-state index contributed by atoms with van der Waals surface area (Å²) >= 11 is 0. The number of hydrogen-bond donors (Lipinski definition) is 1. The summed E-state index contributed by atoms with van der Waals surface area (Å²) in [6.45, 7) is 4.05. The van der Waals surface area contributed by atoms with Gasteiger partial charge >= 0.3 is 0 Å². The summed E-state index contributed by atoms with van der Waals surface area (Å²) in [4.78, 5) is 23.8. The van der Waals surface area contributed by atoms with E-state index in [4.69, 9.17) is 9.15 Å². The first-order chi connectivity index (χ1) is 13.5. The Morgan fingerprint density at radius 1 is 1.11 bits per heavy atom. The molecule has 5 nitrogen and oxygen atoms in total. The lowest BCUT2D eigenvalue weighted by atomic mass is 10.0. The SMILES string of the molecule is CC(C)c1ccc(OCC(=O)CNC(=O)/C=C/c2cc3ccccc3o2)cc1. The van der Waals surface area contributed by atoms with E-state index in [2.05, 4.69) is 19.2 Å². The van der Waals surface area contributed by atoms with Gasteiger partial charge in [0.1, 0.15) is 23.7 Å². The van der Waals surface area contributed by atoms with Gasteiger partial charge in [-0.1, -0.05) is 44.2 Å². The van der Waals surface area contributed by atoms with Crippen LogP contribution in [0, 0.1) is 0 Å². The molecule has 3 rings (SSSR count). The Hall–Kier alpha value is -3.34. The molecule has 0 fully saturated rings. The van der Waals surface area contributed by atoms with Crippen LogP contribution < -0.4 is 10.1 Å². The van der Waals surface area contributed by atoms with Crippen LogP contribution in [0.25, 0.3) is 17.0 Å². The summed E-state index contributed by atoms with van der Waals surface area (Å²) in [5.41, 5.74) is 1.97. The molecule has 2 aromatic carbocycles. The fourth-order valence-corrected chi connectivity index (χ4v) is 2.65. The average molecular weight is 377 g/mol. The highest BCUT2D eigenvalue weighted by Crippen LogP contribution is 2.20. The standard InChI is InChI=1S/C23H23NO4/c1-16(2)17-7-9-20(10-8-17)27-15-19(25)14-24-23(26)12-11-21-13-18-5-3-4-6-22(18)28-21/h3-13,16H,14-15H2,1-2H3,(H,24,26)/b12-11+. The number of carbonyl (C=O) groups is 2. The molecule has 0 bridgehead atoms. The van der Waals surface area contributed by atoms with Gasteiger partial charge < -0.3 is 14.5 Å². The molecule has 0 aliphatic heterocycles. The van der Waals surface area contributed by atoms with E-state index in [1.807, 2.05) is 54.6 Å². The van der Waals surface area contributed by atoms with Crippen molar-refractivity contribution in [2.45, 2.75) is 19.8 Å². The van der Waals surface area contributed by atoms with Gasteiger partial charge in [0.25, 0.3) is 0 Å². The second-order valence-electron chi connectivity index (χ2n) is 6.79. The molecule has 5 heteroatoms. The van der Waals surface area contributed by atoms with Gasteiger partial charge in [-0.2, -0.15) is 0 Å². The number of para-hydroxylation sites is 1. The van der Waals surface area contributed by atoms with Crippen molar-refractivity contribution in [1.82, 2.24) is 5.32 Å². The lowest BCUT2D eigenvalue weighted by molar-refractivity contribution is -0.123. The molecule has 1 aromatic heterocycles. The lowest BCUT2D eigenvalue weighted by Gasteiger charge is -2.08. The van der Waals surface area contributed by atoms with Crippen molar-refractivity contribution in [3.63, 3.8) is 0 Å². The molecule has 0 unspecified atom stereocenters. The van der Waals surface area contributed by atoms with Crippen LogP contribution in [0.4, 0.5) is 0 Å². The van der Waals surface area contributed by atoms with E-state index >= 15 is 0 Å². The third-order valence-corrected chi connectivity index (χ3v) is 4.25. The number of benzene rings is 2. The molecular formula is C23H23NO4. The zero-order valence-electron chi connectivity index (χ0n) is 16.0. The van der Waals surface area contributed by atoms with Crippen LogP contribution in [0.3, 0.4) is 0 Å². The molecule has 0 saturated carbocycles. The van der Waals surface area contributed by atoms with Gasteiger partial charge in [-0.25, -0.2) is 0 Å². The second kappa shape index (κ2) is 9.04. The van der Waals surface area contributed by atoms with E-state index in [-0.39, 0.29) is 24.8 Å². The number of nitrogens with one attached hydrogen (secondary N) is 1. The maximum absolute atomic E-state index is 11.9. The van der Waals surface area contributed by atoms with E-state index in [0.717, 1.165) is 11.0 Å². The number of rotatable bonds is 8. The Kier molecular flexibility index (Phi) is 6.27. The fourth-order valence-electron chi connectivity index (χ4n) is 2.65. The van der Waals surface area contributed by atoms with E-state index in [9.17, 15) is 9.59 Å². The Labute approximate surface area is 164 Å². The molecular weight excluding hydrogens is 354 g/mol. The minimum atomic E-state index is -0.366. The Morgan fingerprint density at radius 3 is 2.57 bits per heavy atom. The van der Waals surface area contributed by atoms with E-state index in [0.29, 0.717) is 17.4 Å². The molecule has 0 atom stereocenters. The summed E-state index contributed by atoms with van der Waals surface area (Å²) in [6.07, 6.45) is 2.92. The normalized spacial score (nSPS) is 11.2. The predicted octanol–water partition coefficient (Wildman–Crippen LogP) is 4.33. The van der Waals surface area contributed by atoms with Crippen LogP contribution >= 0.6 is 0 Å². The van der Waals surface area contributed by atoms with Gasteiger partial charge in [-0.05, 0) is 41.8 Å². The number of ether oxygens (including phenoxy) is 1. The van der Waals surface area contributed by atoms with Gasteiger partial charge in [0, 0.05) is 11.5 Å². The van der Waals surface area contributed by atoms with Crippen molar-refractivity contribution >= 4 is 28.7 Å². The zero-order valence-corrected chi connectivity index (χ0v) is 16.0. The Bertz CT molecular complexity index is 950. The highest BCUT2D eigenvalue weighted by Gasteiger charge is 2.06. The van der Waals surface area contributed by atoms with E-state index < -0.39 is 0 Å². The number of carbonyl (C=O) groups excluding carboxylic acids is 2. The maximum Gasteiger partial charge on any atom is 0.244 e. The van der Waals surface area contributed by atoms with Crippen molar-refractivity contribution in [2.75, 3.05) is 13.2 Å². The number of hydrogen-bond acceptors (Lipinski definition) is 4. The van der Waals surface area contributed by atoms with Crippen LogP contribution in [0.15, 0.2) is 65.1 Å². The number of furan rings is 1. The molecule has 1 amide bonds. The largest absolute Gasteiger partial charge is 0.486 e. The molecule has 0 aliphatic rings. The molecule has 0 spiro atoms. The van der Waals surface area contributed by atoms with Crippen LogP contribution in [-0.4, -0.2) is 24.8 Å². The second-order valence-corrected chi connectivity index (χ2v) is 6.79. The summed E-state index contributed by atoms with van der Waals surface area (Å²) in [5.74, 6) is 1.08. The predicted molar refractivity (Wildman–Crippen MR) is 109 cm³/mol. The number of fused-ring (bicyclic) bond motifs is 1. The third-order valence-electron chi connectivity index (χ3n) is 4.25. The number of Topliss-reactive ketones (excluding diaryl/α,β-unsaturated/α-hetero) is 1. The van der Waals surface area contributed by atoms with Crippen LogP contribution in [0.2, 0.25) is 0 Å². The summed E-state index contributed by atoms with van der Waals surface area (Å²) in [5, 5.41) is 3.52. The molecule has 0 radical (unpaired) electrons. The molecule has 0 saturated heterocycles. The lowest BCUT2D eigenvalue weighted by Crippen LogP contribution is -2.30. The van der Waals surface area contributed by atoms with E-state index in [1.54, 1.807) is 6.08 Å². The minimum absolute atomic E-state index is 0.0887. The van der Waals surface area contributed by atoms with Crippen molar-refractivity contribution < 1.29 is 18.7 Å². The van der Waals surface area contributed by atoms with Crippen LogP contribution in [0.1, 0.15) is 31.1 Å². The summed E-state index contributed by atoms with van der Waals surface area (Å²) < 4.78 is 11.1. The molecule has 144 valence electrons. The van der Waals surface area contributed by atoms with Gasteiger partial charge in [0.15, 0.2) is 5.78 Å². The van der Waals surface area contributed by atoms with Gasteiger partial charge in [-0.15, -0.1) is 0 Å². The van der Waals surface area contributed by atoms with Crippen LogP contribution in [-0.2, 0) is 9.59 Å². The average Bonchev–Trinajstić information content (AvgIpc) is 3.12. The quantitative estimate of drug-likeness (QED) is 0.593. The van der Waals surface area contributed by atoms with Crippen molar-refractivity contribution in [2.24, 2.45) is 0 Å². The maximum atomic E-state index is 11.9. The zero-order chi connectivity index (χ0) is 19.9. The molecule has 0 aliphatic carbocycles. The highest BCUT2D eigenvalue weighted by atomic mass is 16.5. The number of amides is 1. The first-order valence-corrected chi connectivity index (χ1v) is 9.20. The van der Waals surface area contributed by atoms with Gasteiger partial charge in [-0.3, -0.25) is 9.59 Å². The smallest absolute Gasteiger partial charge is 0.244 e. The summed E-state index contributed by atoms with van der Waals surface area (Å²) in [6, 6.07) is 17.1. The Morgan fingerprint density at radius 2 is 1.86 bits per heavy atom. The van der Waals surface area contributed by atoms with E-state index in [1.165, 1.54) is 11.6 Å². The third kappa shape index (κ3) is 5.33. The topological polar surface area (TPSA) is 68.5 Å². The number of ketones is 1. The first-order valence-electron chi connectivity index (χ1n) is 9.20. The van der Waals surface area contributed by atoms with Crippen LogP contribution in [0.5, 0.6) is 5.75 Å². The summed E-state index contributed by atoms with van der Waals surface area (Å²) in [7, 11) is 0. The molecule has 1 heterocycles. The highest BCUT2D eigenvalue weighted by molar-refractivity contribution is 5.95. The van der Waals surface area contributed by atoms with Crippen molar-refractivity contribution in [1.29, 1.82) is 0 Å². The Balaban J connectivity index is 1.42. The van der Waals surface area contributed by atoms with Crippen molar-refractivity contribution in [3.8, 4) is 5.75 Å². The fraction of sp³-hybridized carbons (Fsp3) is 0.217. The molecule has 3 aromatic rings. The van der Waals surface area contributed by atoms with Gasteiger partial charge in [0.2, 0.25) is 5.91 Å². The first kappa shape index (κ1) is 19.4. The van der Waals surface area contributed by atoms with Crippen molar-refractivity contribution in [3.05, 3.63) is 72.0 Å². The minimum Gasteiger partial charge on any atom is -0.486 e. The molecule has 1 N–H and O–H groups in total. The molecule has 28 heavy (non-hydrogen) atoms. The van der Waals surface area contributed by atoms with Gasteiger partial charge in [0.05, 0.1) is 6.54 Å².